The monoisotopic (exact) mass is 219 g/mol. The van der Waals surface area contributed by atoms with E-state index in [9.17, 15) is 0 Å². The molecule has 2 unspecified atom stereocenters. The fourth-order valence-corrected chi connectivity index (χ4v) is 1.99. The van der Waals surface area contributed by atoms with Crippen LogP contribution < -0.4 is 0 Å². The second-order valence-electron chi connectivity index (χ2n) is 3.87. The fraction of sp³-hybridized carbons (Fsp3) is 1.00. The number of alkyl halides is 1. The van der Waals surface area contributed by atoms with Gasteiger partial charge in [-0.25, -0.2) is 0 Å². The van der Waals surface area contributed by atoms with Crippen molar-refractivity contribution in [2.45, 2.75) is 38.1 Å². The summed E-state index contributed by atoms with van der Waals surface area (Å²) < 4.78 is 0. The molecule has 0 amide bonds. The predicted octanol–water partition coefficient (Wildman–Crippen LogP) is 2.50. The van der Waals surface area contributed by atoms with E-state index in [4.69, 9.17) is 0 Å². The zero-order chi connectivity index (χ0) is 8.43. The van der Waals surface area contributed by atoms with Gasteiger partial charge < -0.3 is 4.90 Å². The van der Waals surface area contributed by atoms with Crippen molar-refractivity contribution in [2.24, 2.45) is 5.92 Å². The average Bonchev–Trinajstić information content (AvgIpc) is 1.94. The second-order valence-corrected chi connectivity index (χ2v) is 5.05. The number of nitrogens with zero attached hydrogens (tertiary/aromatic N) is 1. The molecule has 0 aromatic heterocycles. The van der Waals surface area contributed by atoms with Crippen LogP contribution >= 0.6 is 15.9 Å². The van der Waals surface area contributed by atoms with Gasteiger partial charge in [-0.3, -0.25) is 0 Å². The molecule has 0 aliphatic carbocycles. The lowest BCUT2D eigenvalue weighted by Gasteiger charge is -2.36. The van der Waals surface area contributed by atoms with Crippen LogP contribution in [0.1, 0.15) is 27.2 Å². The largest absolute Gasteiger partial charge is 0.301 e. The van der Waals surface area contributed by atoms with Gasteiger partial charge in [0.15, 0.2) is 0 Å². The summed E-state index contributed by atoms with van der Waals surface area (Å²) in [6.07, 6.45) is 1.30. The zero-order valence-electron chi connectivity index (χ0n) is 7.68. The quantitative estimate of drug-likeness (QED) is 0.613. The molecule has 1 rings (SSSR count). The molecule has 1 aliphatic heterocycles. The number of hydrogen-bond acceptors (Lipinski definition) is 1. The van der Waals surface area contributed by atoms with E-state index in [0.29, 0.717) is 0 Å². The molecular formula is C9H18BrN. The first-order valence-corrected chi connectivity index (χ1v) is 5.41. The van der Waals surface area contributed by atoms with E-state index in [0.717, 1.165) is 16.8 Å². The highest BCUT2D eigenvalue weighted by Gasteiger charge is 2.24. The van der Waals surface area contributed by atoms with E-state index < -0.39 is 0 Å². The van der Waals surface area contributed by atoms with Crippen LogP contribution in [-0.2, 0) is 0 Å². The molecular weight excluding hydrogens is 202 g/mol. The maximum Gasteiger partial charge on any atom is 0.0195 e. The first-order valence-electron chi connectivity index (χ1n) is 4.49. The molecule has 0 bridgehead atoms. The molecule has 1 heterocycles. The lowest BCUT2D eigenvalue weighted by molar-refractivity contribution is 0.153. The Hall–Kier alpha value is 0.440. The summed E-state index contributed by atoms with van der Waals surface area (Å²) in [4.78, 5) is 3.31. The smallest absolute Gasteiger partial charge is 0.0195 e. The molecule has 2 atom stereocenters. The standard InChI is InChI=1S/C9H18BrN/c1-7(2)11-5-4-9(10)8(3)6-11/h7-9H,4-6H2,1-3H3. The third-order valence-electron chi connectivity index (χ3n) is 2.56. The van der Waals surface area contributed by atoms with Gasteiger partial charge in [0.1, 0.15) is 0 Å². The van der Waals surface area contributed by atoms with Gasteiger partial charge in [-0.2, -0.15) is 0 Å². The van der Waals surface area contributed by atoms with Crippen LogP contribution in [-0.4, -0.2) is 28.9 Å². The summed E-state index contributed by atoms with van der Waals surface area (Å²) in [5.74, 6) is 0.811. The third kappa shape index (κ3) is 2.45. The Balaban J connectivity index is 2.40. The highest BCUT2D eigenvalue weighted by atomic mass is 79.9. The number of piperidine rings is 1. The lowest BCUT2D eigenvalue weighted by Crippen LogP contribution is -2.43. The van der Waals surface area contributed by atoms with Crippen molar-refractivity contribution < 1.29 is 0 Å². The average molecular weight is 220 g/mol. The highest BCUT2D eigenvalue weighted by Crippen LogP contribution is 2.24. The van der Waals surface area contributed by atoms with Gasteiger partial charge >= 0.3 is 0 Å². The summed E-state index contributed by atoms with van der Waals surface area (Å²) >= 11 is 3.70. The molecule has 1 nitrogen and oxygen atoms in total. The molecule has 11 heavy (non-hydrogen) atoms. The van der Waals surface area contributed by atoms with Crippen LogP contribution in [0.4, 0.5) is 0 Å². The molecule has 66 valence electrons. The molecule has 0 aromatic rings. The van der Waals surface area contributed by atoms with Gasteiger partial charge in [-0.15, -0.1) is 0 Å². The van der Waals surface area contributed by atoms with Crippen molar-refractivity contribution in [1.29, 1.82) is 0 Å². The third-order valence-corrected chi connectivity index (χ3v) is 3.92. The van der Waals surface area contributed by atoms with E-state index in [1.807, 2.05) is 0 Å². The van der Waals surface area contributed by atoms with Crippen molar-refractivity contribution in [2.75, 3.05) is 13.1 Å². The van der Waals surface area contributed by atoms with E-state index >= 15 is 0 Å². The Bertz CT molecular complexity index is 125. The van der Waals surface area contributed by atoms with Gasteiger partial charge in [0.05, 0.1) is 0 Å². The SMILES string of the molecule is CC1CN(C(C)C)CCC1Br. The molecule has 0 saturated carbocycles. The van der Waals surface area contributed by atoms with Gasteiger partial charge in [0, 0.05) is 17.4 Å². The van der Waals surface area contributed by atoms with Crippen LogP contribution in [0.3, 0.4) is 0 Å². The van der Waals surface area contributed by atoms with Crippen LogP contribution in [0.15, 0.2) is 0 Å². The molecule has 0 radical (unpaired) electrons. The fourth-order valence-electron chi connectivity index (χ4n) is 1.62. The first kappa shape index (κ1) is 9.53. The molecule has 2 heteroatoms. The summed E-state index contributed by atoms with van der Waals surface area (Å²) in [5.41, 5.74) is 0. The Morgan fingerprint density at radius 3 is 2.55 bits per heavy atom. The minimum absolute atomic E-state index is 0.720. The van der Waals surface area contributed by atoms with Crippen molar-refractivity contribution in [3.8, 4) is 0 Å². The summed E-state index contributed by atoms with van der Waals surface area (Å²) in [7, 11) is 0. The van der Waals surface area contributed by atoms with E-state index in [-0.39, 0.29) is 0 Å². The highest BCUT2D eigenvalue weighted by molar-refractivity contribution is 9.09. The topological polar surface area (TPSA) is 3.24 Å². The number of rotatable bonds is 1. The number of hydrogen-bond donors (Lipinski definition) is 0. The van der Waals surface area contributed by atoms with Crippen molar-refractivity contribution in [3.63, 3.8) is 0 Å². The zero-order valence-corrected chi connectivity index (χ0v) is 9.26. The summed E-state index contributed by atoms with van der Waals surface area (Å²) in [5, 5.41) is 0. The molecule has 0 aromatic carbocycles. The van der Waals surface area contributed by atoms with Crippen LogP contribution in [0.25, 0.3) is 0 Å². The van der Waals surface area contributed by atoms with Crippen molar-refractivity contribution in [1.82, 2.24) is 4.90 Å². The number of halogens is 1. The lowest BCUT2D eigenvalue weighted by atomic mass is 9.99. The molecule has 1 fully saturated rings. The molecule has 0 N–H and O–H groups in total. The van der Waals surface area contributed by atoms with E-state index in [2.05, 4.69) is 41.6 Å². The minimum Gasteiger partial charge on any atom is -0.301 e. The Labute approximate surface area is 78.3 Å². The predicted molar refractivity (Wildman–Crippen MR) is 53.2 cm³/mol. The molecule has 1 aliphatic rings. The maximum atomic E-state index is 3.70. The van der Waals surface area contributed by atoms with Gasteiger partial charge in [-0.1, -0.05) is 22.9 Å². The normalized spacial score (nSPS) is 34.6. The van der Waals surface area contributed by atoms with Crippen molar-refractivity contribution in [3.05, 3.63) is 0 Å². The van der Waals surface area contributed by atoms with Gasteiger partial charge in [0.2, 0.25) is 0 Å². The molecule has 1 saturated heterocycles. The summed E-state index contributed by atoms with van der Waals surface area (Å²) in [6.45, 7) is 9.40. The van der Waals surface area contributed by atoms with Gasteiger partial charge in [0.25, 0.3) is 0 Å². The van der Waals surface area contributed by atoms with Gasteiger partial charge in [-0.05, 0) is 32.7 Å². The van der Waals surface area contributed by atoms with E-state index in [1.54, 1.807) is 0 Å². The van der Waals surface area contributed by atoms with Crippen LogP contribution in [0.2, 0.25) is 0 Å². The second kappa shape index (κ2) is 3.90. The summed E-state index contributed by atoms with van der Waals surface area (Å²) in [6, 6.07) is 0.720. The first-order chi connectivity index (χ1) is 5.11. The van der Waals surface area contributed by atoms with Crippen LogP contribution in [0.5, 0.6) is 0 Å². The Morgan fingerprint density at radius 2 is 2.09 bits per heavy atom. The minimum atomic E-state index is 0.720. The number of likely N-dealkylation sites (tertiary alicyclic amines) is 1. The van der Waals surface area contributed by atoms with E-state index in [1.165, 1.54) is 19.5 Å². The maximum absolute atomic E-state index is 3.70. The Morgan fingerprint density at radius 1 is 1.45 bits per heavy atom. The Kier molecular flexibility index (Phi) is 3.38. The van der Waals surface area contributed by atoms with Crippen molar-refractivity contribution >= 4 is 15.9 Å². The van der Waals surface area contributed by atoms with Crippen LogP contribution in [0, 0.1) is 5.92 Å². The molecule has 0 spiro atoms.